The van der Waals surface area contributed by atoms with Crippen molar-refractivity contribution in [3.63, 3.8) is 0 Å². The van der Waals surface area contributed by atoms with Gasteiger partial charge in [0.05, 0.1) is 25.9 Å². The number of anilines is 2. The Morgan fingerprint density at radius 2 is 1.49 bits per heavy atom. The van der Waals surface area contributed by atoms with E-state index in [0.29, 0.717) is 0 Å². The van der Waals surface area contributed by atoms with Crippen molar-refractivity contribution in [2.24, 2.45) is 0 Å². The third-order valence-electron chi connectivity index (χ3n) is 7.43. The summed E-state index contributed by atoms with van der Waals surface area (Å²) in [5, 5.41) is 11.2. The van der Waals surface area contributed by atoms with Crippen LogP contribution in [0.3, 0.4) is 0 Å². The number of nitrogen functional groups attached to an aromatic ring is 2. The van der Waals surface area contributed by atoms with Crippen LogP contribution in [0.5, 0.6) is 0 Å². The minimum absolute atomic E-state index is 0.0727. The Labute approximate surface area is 261 Å². The first kappa shape index (κ1) is 31.2. The molecule has 3 aliphatic heterocycles. The van der Waals surface area contributed by atoms with Crippen molar-refractivity contribution in [3.8, 4) is 0 Å². The van der Waals surface area contributed by atoms with Crippen LogP contribution in [0.25, 0.3) is 22.3 Å². The summed E-state index contributed by atoms with van der Waals surface area (Å²) in [6.07, 6.45) is -4.91. The number of aliphatic hydroxyl groups excluding tert-OH is 1. The van der Waals surface area contributed by atoms with Crippen molar-refractivity contribution >= 4 is 70.7 Å². The number of fused-ring (bicyclic) bond motifs is 5. The van der Waals surface area contributed by atoms with Gasteiger partial charge in [-0.3, -0.25) is 22.7 Å². The predicted octanol–water partition coefficient (Wildman–Crippen LogP) is 0.829. The lowest BCUT2D eigenvalue weighted by molar-refractivity contribution is -0.0584. The fourth-order valence-electron chi connectivity index (χ4n) is 5.28. The number of alkyl halides is 1. The van der Waals surface area contributed by atoms with E-state index in [0.717, 1.165) is 11.4 Å². The molecule has 0 amide bonds. The minimum Gasteiger partial charge on any atom is -0.387 e. The Bertz CT molecular complexity index is 1860. The van der Waals surface area contributed by atoms with E-state index in [2.05, 4.69) is 29.9 Å². The zero-order valence-corrected chi connectivity index (χ0v) is 26.3. The summed E-state index contributed by atoms with van der Waals surface area (Å²) in [6, 6.07) is 0. The average Bonchev–Trinajstić information content (AvgIpc) is 3.77. The standard InChI is InChI=1S/C21H25FN10O9P2S2/c1-45-43(35)37-3-9-14(10(22)20(39-9)31-6-29-11-16(23)25-4-27-18(11)31)40-42(34,44)36-2-8-13(33)15(41-43)21(38-8)32-7-30-12-17(24)26-5-28-19(12)32/h4-10,13-15,20-21,33H,2-3H2,1H3,(H,34,44)(H2,23,25,27)(H2,24,26,28)/t8-,9-,10-,13-,14-,15-,20-,21-,42?,43+/m1/s1. The number of aliphatic hydroxyl groups is 1. The van der Waals surface area contributed by atoms with Gasteiger partial charge in [0.1, 0.15) is 54.2 Å². The van der Waals surface area contributed by atoms with Gasteiger partial charge in [0.25, 0.3) is 0 Å². The van der Waals surface area contributed by atoms with E-state index >= 15 is 4.39 Å². The second kappa shape index (κ2) is 11.7. The molecule has 45 heavy (non-hydrogen) atoms. The molecule has 7 heterocycles. The van der Waals surface area contributed by atoms with E-state index < -0.39 is 75.9 Å². The van der Waals surface area contributed by atoms with Gasteiger partial charge in [0.2, 0.25) is 0 Å². The van der Waals surface area contributed by atoms with Gasteiger partial charge in [-0.1, -0.05) is 0 Å². The maximum atomic E-state index is 16.1. The highest BCUT2D eigenvalue weighted by atomic mass is 32.7. The summed E-state index contributed by atoms with van der Waals surface area (Å²) in [6.45, 7) is -9.41. The maximum absolute atomic E-state index is 16.1. The lowest BCUT2D eigenvalue weighted by Gasteiger charge is -2.27. The lowest BCUT2D eigenvalue weighted by atomic mass is 10.1. The van der Waals surface area contributed by atoms with Gasteiger partial charge >= 0.3 is 13.5 Å². The summed E-state index contributed by atoms with van der Waals surface area (Å²) in [5.41, 5.74) is 12.7. The van der Waals surface area contributed by atoms with Crippen molar-refractivity contribution in [2.45, 2.75) is 49.1 Å². The quantitative estimate of drug-likeness (QED) is 0.215. The largest absolute Gasteiger partial charge is 0.389 e. The van der Waals surface area contributed by atoms with Crippen LogP contribution in [0.1, 0.15) is 12.5 Å². The first-order chi connectivity index (χ1) is 21.5. The summed E-state index contributed by atoms with van der Waals surface area (Å²) in [5.74, 6) is 0.173. The highest BCUT2D eigenvalue weighted by Crippen LogP contribution is 2.63. The van der Waals surface area contributed by atoms with Gasteiger partial charge in [-0.15, -0.1) is 0 Å². The minimum atomic E-state index is -4.22. The van der Waals surface area contributed by atoms with Gasteiger partial charge in [-0.2, -0.15) is 0 Å². The molecule has 3 aliphatic rings. The Hall–Kier alpha value is -2.46. The molecular formula is C21H25FN10O9P2S2. The van der Waals surface area contributed by atoms with Crippen LogP contribution in [0.2, 0.25) is 0 Å². The zero-order chi connectivity index (χ0) is 31.7. The molecule has 0 aliphatic carbocycles. The molecule has 242 valence electrons. The predicted molar refractivity (Wildman–Crippen MR) is 157 cm³/mol. The molecule has 4 aromatic heterocycles. The highest BCUT2D eigenvalue weighted by molar-refractivity contribution is 8.54. The molecule has 0 spiro atoms. The fraction of sp³-hybridized carbons (Fsp3) is 0.524. The van der Waals surface area contributed by atoms with E-state index in [-0.39, 0.29) is 34.0 Å². The molecule has 4 aromatic rings. The fourth-order valence-corrected chi connectivity index (χ4v) is 8.88. The molecule has 0 saturated carbocycles. The van der Waals surface area contributed by atoms with Crippen molar-refractivity contribution in [2.75, 3.05) is 30.9 Å². The molecule has 10 atom stereocenters. The van der Waals surface area contributed by atoms with E-state index in [1.807, 2.05) is 0 Å². The van der Waals surface area contributed by atoms with Gasteiger partial charge in [0.15, 0.2) is 41.6 Å². The van der Waals surface area contributed by atoms with E-state index in [9.17, 15) is 14.6 Å². The first-order valence-corrected chi connectivity index (χ1v) is 19.1. The number of ether oxygens (including phenoxy) is 2. The third kappa shape index (κ3) is 5.51. The van der Waals surface area contributed by atoms with Gasteiger partial charge in [-0.05, 0) is 29.4 Å². The zero-order valence-electron chi connectivity index (χ0n) is 22.9. The summed E-state index contributed by atoms with van der Waals surface area (Å²) in [7, 11) is 0. The number of aromatic nitrogens is 8. The number of nitrogens with two attached hydrogens (primary N) is 2. The van der Waals surface area contributed by atoms with Crippen LogP contribution in [-0.4, -0.2) is 105 Å². The molecule has 6 N–H and O–H groups in total. The summed E-state index contributed by atoms with van der Waals surface area (Å²) in [4.78, 5) is 35.5. The Kier molecular flexibility index (Phi) is 8.07. The van der Waals surface area contributed by atoms with Crippen LogP contribution in [0.15, 0.2) is 25.3 Å². The van der Waals surface area contributed by atoms with Crippen LogP contribution >= 0.6 is 24.9 Å². The molecular weight excluding hydrogens is 681 g/mol. The molecule has 7 rings (SSSR count). The van der Waals surface area contributed by atoms with Crippen molar-refractivity contribution in [1.82, 2.24) is 39.0 Å². The molecule has 0 aromatic carbocycles. The number of halogens is 1. The second-order valence-corrected chi connectivity index (χ2v) is 17.0. The molecule has 3 saturated heterocycles. The average molecular weight is 707 g/mol. The van der Waals surface area contributed by atoms with Crippen LogP contribution in [-0.2, 0) is 43.9 Å². The summed E-state index contributed by atoms with van der Waals surface area (Å²) >= 11 is 5.93. The van der Waals surface area contributed by atoms with E-state index in [4.69, 9.17) is 50.8 Å². The van der Waals surface area contributed by atoms with Gasteiger partial charge < -0.3 is 35.5 Å². The first-order valence-electron chi connectivity index (χ1n) is 13.1. The Morgan fingerprint density at radius 3 is 2.11 bits per heavy atom. The van der Waals surface area contributed by atoms with Gasteiger partial charge in [-0.25, -0.2) is 38.9 Å². The number of imidazole rings is 2. The lowest BCUT2D eigenvalue weighted by Crippen LogP contribution is -2.35. The molecule has 19 nitrogen and oxygen atoms in total. The normalized spacial score (nSPS) is 37.7. The van der Waals surface area contributed by atoms with Gasteiger partial charge in [0, 0.05) is 0 Å². The summed E-state index contributed by atoms with van der Waals surface area (Å²) < 4.78 is 67.6. The van der Waals surface area contributed by atoms with Crippen molar-refractivity contribution < 1.29 is 46.5 Å². The monoisotopic (exact) mass is 706 g/mol. The molecule has 2 bridgehead atoms. The number of hydrogen-bond donors (Lipinski definition) is 4. The van der Waals surface area contributed by atoms with Crippen molar-refractivity contribution in [1.29, 1.82) is 0 Å². The maximum Gasteiger partial charge on any atom is 0.389 e. The SMILES string of the molecule is CS[P@@]1(=O)OC[C@H]2O[C@@H](n3cnc4c(N)ncnc43)[C@H](F)[C@@H]2OP(O)(=S)OC[C@H]2O[C@@H](n3cnc4c(N)ncnc43)[C@H](O1)[C@@H]2O. The topological polar surface area (TPSA) is 252 Å². The van der Waals surface area contributed by atoms with Crippen molar-refractivity contribution in [3.05, 3.63) is 25.3 Å². The van der Waals surface area contributed by atoms with Crippen LogP contribution in [0.4, 0.5) is 16.0 Å². The Morgan fingerprint density at radius 1 is 0.911 bits per heavy atom. The second-order valence-electron chi connectivity index (χ2n) is 10.1. The number of nitrogens with zero attached hydrogens (tertiary/aromatic N) is 8. The molecule has 24 heteroatoms. The molecule has 0 radical (unpaired) electrons. The smallest absolute Gasteiger partial charge is 0.387 e. The number of hydrogen-bond acceptors (Lipinski definition) is 18. The number of rotatable bonds is 3. The van der Waals surface area contributed by atoms with E-state index in [1.165, 1.54) is 40.7 Å². The molecule has 3 fully saturated rings. The van der Waals surface area contributed by atoms with Crippen LogP contribution < -0.4 is 11.5 Å². The van der Waals surface area contributed by atoms with Crippen LogP contribution in [0, 0.1) is 0 Å². The Balaban J connectivity index is 1.22. The molecule has 1 unspecified atom stereocenters. The van der Waals surface area contributed by atoms with E-state index in [1.54, 1.807) is 0 Å². The highest BCUT2D eigenvalue weighted by Gasteiger charge is 2.54. The third-order valence-corrected chi connectivity index (χ3v) is 12.3.